The molecule has 1 aromatic heterocycles. The van der Waals surface area contributed by atoms with Gasteiger partial charge >= 0.3 is 6.03 Å². The van der Waals surface area contributed by atoms with Crippen molar-refractivity contribution in [2.75, 3.05) is 11.4 Å². The summed E-state index contributed by atoms with van der Waals surface area (Å²) in [4.78, 5) is 39.8. The number of rotatable bonds is 1. The van der Waals surface area contributed by atoms with Gasteiger partial charge in [0.1, 0.15) is 15.8 Å². The second-order valence-electron chi connectivity index (χ2n) is 8.23. The Balaban J connectivity index is 1.72. The van der Waals surface area contributed by atoms with E-state index < -0.39 is 41.2 Å². The zero-order chi connectivity index (χ0) is 22.1. The van der Waals surface area contributed by atoms with Crippen LogP contribution in [0.4, 0.5) is 14.9 Å². The number of carbonyl (C=O) groups excluding carboxylic acids is 3. The highest BCUT2D eigenvalue weighted by molar-refractivity contribution is 7.14. The van der Waals surface area contributed by atoms with E-state index in [2.05, 4.69) is 20.8 Å². The number of hydrogen-bond donors (Lipinski definition) is 2. The second-order valence-corrected chi connectivity index (χ2v) is 9.41. The van der Waals surface area contributed by atoms with Crippen LogP contribution in [-0.2, 0) is 20.7 Å². The van der Waals surface area contributed by atoms with E-state index in [9.17, 15) is 14.4 Å². The molecule has 0 saturated carbocycles. The molecule has 0 radical (unpaired) electrons. The van der Waals surface area contributed by atoms with Crippen molar-refractivity contribution in [3.05, 3.63) is 28.5 Å². The monoisotopic (exact) mass is 445 g/mol. The Bertz CT molecular complexity index is 1110. The molecule has 3 aliphatic rings. The molecular weight excluding hydrogens is 425 g/mol. The van der Waals surface area contributed by atoms with Crippen molar-refractivity contribution >= 4 is 34.9 Å². The van der Waals surface area contributed by atoms with Crippen LogP contribution in [0.15, 0.2) is 12.1 Å². The van der Waals surface area contributed by atoms with Crippen LogP contribution in [0.1, 0.15) is 24.4 Å². The van der Waals surface area contributed by atoms with Crippen molar-refractivity contribution in [2.45, 2.75) is 45.4 Å². The number of urea groups is 1. The van der Waals surface area contributed by atoms with Crippen molar-refractivity contribution in [1.82, 2.24) is 20.8 Å². The number of benzene rings is 1. The molecule has 0 aliphatic carbocycles. The van der Waals surface area contributed by atoms with Gasteiger partial charge in [-0.25, -0.2) is 9.18 Å². The number of aryl methyl sites for hydroxylation is 1. The van der Waals surface area contributed by atoms with Crippen LogP contribution < -0.4 is 15.5 Å². The first kappa shape index (κ1) is 20.0. The number of fused-ring (bicyclic) bond motifs is 4. The van der Waals surface area contributed by atoms with Crippen LogP contribution in [-0.4, -0.2) is 52.8 Å². The highest BCUT2D eigenvalue weighted by Gasteiger charge is 2.63. The lowest BCUT2D eigenvalue weighted by atomic mass is 9.66. The lowest BCUT2D eigenvalue weighted by Crippen LogP contribution is -2.75. The third-order valence-corrected chi connectivity index (χ3v) is 7.01. The van der Waals surface area contributed by atoms with Crippen LogP contribution in [0, 0.1) is 18.2 Å². The minimum Gasteiger partial charge on any atom is -0.372 e. The van der Waals surface area contributed by atoms with Gasteiger partial charge in [-0.05, 0) is 38.5 Å². The van der Waals surface area contributed by atoms with Crippen LogP contribution in [0.3, 0.4) is 0 Å². The Morgan fingerprint density at radius 3 is 2.55 bits per heavy atom. The predicted octanol–water partition coefficient (Wildman–Crippen LogP) is 1.54. The summed E-state index contributed by atoms with van der Waals surface area (Å²) in [6.07, 6.45) is -0.860. The highest BCUT2D eigenvalue weighted by Crippen LogP contribution is 2.48. The maximum atomic E-state index is 15.5. The number of imide groups is 2. The van der Waals surface area contributed by atoms with Crippen LogP contribution >= 0.6 is 11.3 Å². The molecule has 2 aromatic rings. The van der Waals surface area contributed by atoms with Gasteiger partial charge in [-0.15, -0.1) is 10.2 Å². The molecule has 1 aromatic carbocycles. The van der Waals surface area contributed by atoms with Gasteiger partial charge in [-0.2, -0.15) is 0 Å². The minimum absolute atomic E-state index is 0.0704. The number of morpholine rings is 1. The number of nitrogens with one attached hydrogen (secondary N) is 2. The van der Waals surface area contributed by atoms with E-state index in [0.717, 1.165) is 5.01 Å². The van der Waals surface area contributed by atoms with E-state index in [-0.39, 0.29) is 12.5 Å². The Morgan fingerprint density at radius 2 is 1.90 bits per heavy atom. The van der Waals surface area contributed by atoms with Crippen LogP contribution in [0.2, 0.25) is 0 Å². The average molecular weight is 445 g/mol. The molecule has 5 rings (SSSR count). The van der Waals surface area contributed by atoms with Crippen molar-refractivity contribution in [3.63, 3.8) is 0 Å². The molecule has 4 heterocycles. The van der Waals surface area contributed by atoms with E-state index in [4.69, 9.17) is 4.74 Å². The average Bonchev–Trinajstić information content (AvgIpc) is 3.11. The summed E-state index contributed by atoms with van der Waals surface area (Å²) in [5.74, 6) is -1.87. The van der Waals surface area contributed by atoms with E-state index in [1.54, 1.807) is 24.8 Å². The maximum Gasteiger partial charge on any atom is 0.328 e. The van der Waals surface area contributed by atoms with Gasteiger partial charge in [-0.1, -0.05) is 11.3 Å². The maximum absolute atomic E-state index is 15.5. The third kappa shape index (κ3) is 2.87. The standard InChI is InChI=1S/C20H20FN5O4S/c1-8-7-26-14-12(4-11(5-13(14)21)16-25-24-10(3)31-16)6-20(15(26)9(2)30-8)17(27)22-19(29)23-18(20)28/h4-5,8-9,15H,6-7H2,1-3H3,(H2,22,23,27,28,29)/t8?,9?,15-/m0/s1. The first-order chi connectivity index (χ1) is 14.7. The Morgan fingerprint density at radius 1 is 1.19 bits per heavy atom. The van der Waals surface area contributed by atoms with Crippen molar-refractivity contribution in [3.8, 4) is 10.6 Å². The lowest BCUT2D eigenvalue weighted by Gasteiger charge is -2.55. The van der Waals surface area contributed by atoms with Gasteiger partial charge in [0.2, 0.25) is 11.8 Å². The number of hydrogen-bond acceptors (Lipinski definition) is 8. The molecule has 2 saturated heterocycles. The van der Waals surface area contributed by atoms with E-state index in [1.807, 2.05) is 6.92 Å². The zero-order valence-corrected chi connectivity index (χ0v) is 17.9. The van der Waals surface area contributed by atoms with Gasteiger partial charge in [0, 0.05) is 18.5 Å². The summed E-state index contributed by atoms with van der Waals surface area (Å²) in [7, 11) is 0. The van der Waals surface area contributed by atoms with Gasteiger partial charge in [0.05, 0.1) is 23.9 Å². The molecule has 162 valence electrons. The summed E-state index contributed by atoms with van der Waals surface area (Å²) in [5.41, 5.74) is -0.263. The summed E-state index contributed by atoms with van der Waals surface area (Å²) < 4.78 is 21.4. The SMILES string of the molecule is Cc1nnc(-c2cc(F)c3c(c2)CC2(C(=O)NC(=O)NC2=O)[C@@H]2C(C)OC(C)CN32)s1. The van der Waals surface area contributed by atoms with Gasteiger partial charge in [-0.3, -0.25) is 20.2 Å². The molecule has 2 N–H and O–H groups in total. The predicted molar refractivity (Wildman–Crippen MR) is 109 cm³/mol. The fourth-order valence-corrected chi connectivity index (χ4v) is 5.75. The molecule has 2 fully saturated rings. The summed E-state index contributed by atoms with van der Waals surface area (Å²) >= 11 is 1.33. The number of nitrogens with zero attached hydrogens (tertiary/aromatic N) is 3. The Hall–Kier alpha value is -2.92. The minimum atomic E-state index is -1.64. The molecule has 4 amide bonds. The van der Waals surface area contributed by atoms with Crippen LogP contribution in [0.25, 0.3) is 10.6 Å². The van der Waals surface area contributed by atoms with Gasteiger partial charge in [0.25, 0.3) is 0 Å². The van der Waals surface area contributed by atoms with Gasteiger partial charge in [0.15, 0.2) is 5.41 Å². The number of barbiturate groups is 1. The molecule has 2 unspecified atom stereocenters. The molecular formula is C20H20FN5O4S. The number of aromatic nitrogens is 2. The highest BCUT2D eigenvalue weighted by atomic mass is 32.1. The van der Waals surface area contributed by atoms with E-state index in [0.29, 0.717) is 28.4 Å². The number of halogens is 1. The number of anilines is 1. The smallest absolute Gasteiger partial charge is 0.328 e. The number of carbonyl (C=O) groups is 3. The number of ether oxygens (including phenoxy) is 1. The molecule has 0 bridgehead atoms. The summed E-state index contributed by atoms with van der Waals surface area (Å²) in [5, 5.41) is 13.8. The molecule has 31 heavy (non-hydrogen) atoms. The molecule has 3 aliphatic heterocycles. The fourth-order valence-electron chi connectivity index (χ4n) is 5.07. The van der Waals surface area contributed by atoms with E-state index >= 15 is 4.39 Å². The summed E-state index contributed by atoms with van der Waals surface area (Å²) in [6, 6.07) is 1.52. The molecule has 1 spiro atoms. The first-order valence-electron chi connectivity index (χ1n) is 9.92. The second kappa shape index (κ2) is 6.79. The fraction of sp³-hybridized carbons (Fsp3) is 0.450. The molecule has 11 heteroatoms. The molecule has 9 nitrogen and oxygen atoms in total. The van der Waals surface area contributed by atoms with Crippen molar-refractivity contribution in [1.29, 1.82) is 0 Å². The zero-order valence-electron chi connectivity index (χ0n) is 17.1. The first-order valence-corrected chi connectivity index (χ1v) is 10.7. The quantitative estimate of drug-likeness (QED) is 0.640. The normalized spacial score (nSPS) is 26.9. The topological polar surface area (TPSA) is 114 Å². The van der Waals surface area contributed by atoms with Crippen molar-refractivity contribution < 1.29 is 23.5 Å². The Labute approximate surface area is 181 Å². The summed E-state index contributed by atoms with van der Waals surface area (Å²) in [6.45, 7) is 5.72. The van der Waals surface area contributed by atoms with E-state index in [1.165, 1.54) is 17.4 Å². The molecule has 3 atom stereocenters. The lowest BCUT2D eigenvalue weighted by molar-refractivity contribution is -0.153. The van der Waals surface area contributed by atoms with Gasteiger partial charge < -0.3 is 9.64 Å². The third-order valence-electron chi connectivity index (χ3n) is 6.12. The Kier molecular flexibility index (Phi) is 4.38. The van der Waals surface area contributed by atoms with Crippen molar-refractivity contribution in [2.24, 2.45) is 5.41 Å². The largest absolute Gasteiger partial charge is 0.372 e. The van der Waals surface area contributed by atoms with Crippen LogP contribution in [0.5, 0.6) is 0 Å². The number of amides is 4.